The van der Waals surface area contributed by atoms with Crippen LogP contribution in [0.5, 0.6) is 0 Å². The molecule has 3 rings (SSSR count). The van der Waals surface area contributed by atoms with Crippen LogP contribution in [0.2, 0.25) is 0 Å². The van der Waals surface area contributed by atoms with Crippen molar-refractivity contribution >= 4 is 11.6 Å². The van der Waals surface area contributed by atoms with E-state index in [2.05, 4.69) is 20.3 Å². The third-order valence-corrected chi connectivity index (χ3v) is 4.34. The first kappa shape index (κ1) is 17.0. The number of nitro benzene ring substituents is 1. The van der Waals surface area contributed by atoms with Gasteiger partial charge >= 0.3 is 0 Å². The minimum Gasteiger partial charge on any atom is -0.359 e. The van der Waals surface area contributed by atoms with E-state index in [-0.39, 0.29) is 17.5 Å². The van der Waals surface area contributed by atoms with E-state index >= 15 is 0 Å². The molecule has 25 heavy (non-hydrogen) atoms. The first-order chi connectivity index (χ1) is 12.1. The molecule has 9 heteroatoms. The molecule has 0 unspecified atom stereocenters. The summed E-state index contributed by atoms with van der Waals surface area (Å²) < 4.78 is 1.73. The van der Waals surface area contributed by atoms with Gasteiger partial charge in [-0.3, -0.25) is 19.8 Å². The highest BCUT2D eigenvalue weighted by atomic mass is 16.6. The number of nitrogens with one attached hydrogen (secondary N) is 1. The van der Waals surface area contributed by atoms with Crippen LogP contribution in [0, 0.1) is 16.0 Å². The van der Waals surface area contributed by atoms with E-state index in [1.807, 2.05) is 0 Å². The van der Waals surface area contributed by atoms with Gasteiger partial charge in [0, 0.05) is 31.3 Å². The van der Waals surface area contributed by atoms with Gasteiger partial charge < -0.3 is 5.32 Å². The van der Waals surface area contributed by atoms with Gasteiger partial charge in [0.25, 0.3) is 5.69 Å². The topological polar surface area (TPSA) is 106 Å². The first-order valence-corrected chi connectivity index (χ1v) is 8.15. The molecule has 2 aromatic rings. The van der Waals surface area contributed by atoms with Crippen LogP contribution in [0.3, 0.4) is 0 Å². The van der Waals surface area contributed by atoms with Gasteiger partial charge in [0.15, 0.2) is 5.82 Å². The van der Waals surface area contributed by atoms with E-state index in [1.54, 1.807) is 30.2 Å². The molecule has 1 aromatic heterocycles. The fourth-order valence-electron chi connectivity index (χ4n) is 3.03. The van der Waals surface area contributed by atoms with E-state index < -0.39 is 4.92 Å². The molecule has 0 bridgehead atoms. The first-order valence-electron chi connectivity index (χ1n) is 8.15. The maximum absolute atomic E-state index is 11.8. The van der Waals surface area contributed by atoms with Crippen molar-refractivity contribution in [3.63, 3.8) is 0 Å². The van der Waals surface area contributed by atoms with Gasteiger partial charge in [0.2, 0.25) is 5.91 Å². The maximum Gasteiger partial charge on any atom is 0.269 e. The van der Waals surface area contributed by atoms with Crippen LogP contribution in [0.15, 0.2) is 30.6 Å². The fourth-order valence-corrected chi connectivity index (χ4v) is 3.03. The molecule has 132 valence electrons. The smallest absolute Gasteiger partial charge is 0.269 e. The van der Waals surface area contributed by atoms with Gasteiger partial charge in [-0.05, 0) is 31.5 Å². The largest absolute Gasteiger partial charge is 0.359 e. The molecule has 0 saturated carbocycles. The van der Waals surface area contributed by atoms with Crippen molar-refractivity contribution < 1.29 is 9.72 Å². The van der Waals surface area contributed by atoms with E-state index in [1.165, 1.54) is 12.1 Å². The zero-order valence-electron chi connectivity index (χ0n) is 14.0. The van der Waals surface area contributed by atoms with Crippen molar-refractivity contribution in [1.82, 2.24) is 25.0 Å². The SMILES string of the molecule is CNC(=O)[C@@H]1CCCN(Cn2cnc(-c3ccc([N+](=O)[O-])cc3)n2)C1. The summed E-state index contributed by atoms with van der Waals surface area (Å²) in [5.74, 6) is 0.612. The Morgan fingerprint density at radius 2 is 2.16 bits per heavy atom. The number of rotatable bonds is 5. The Balaban J connectivity index is 1.65. The number of benzene rings is 1. The van der Waals surface area contributed by atoms with Gasteiger partial charge in [-0.1, -0.05) is 0 Å². The van der Waals surface area contributed by atoms with Crippen molar-refractivity contribution in [2.75, 3.05) is 20.1 Å². The van der Waals surface area contributed by atoms with Crippen LogP contribution in [0.25, 0.3) is 11.4 Å². The zero-order chi connectivity index (χ0) is 17.8. The summed E-state index contributed by atoms with van der Waals surface area (Å²) in [6.07, 6.45) is 3.52. The lowest BCUT2D eigenvalue weighted by Crippen LogP contribution is -2.42. The van der Waals surface area contributed by atoms with Crippen LogP contribution in [0.1, 0.15) is 12.8 Å². The average molecular weight is 344 g/mol. The highest BCUT2D eigenvalue weighted by Crippen LogP contribution is 2.20. The molecule has 0 spiro atoms. The van der Waals surface area contributed by atoms with Crippen LogP contribution in [-0.4, -0.2) is 50.6 Å². The zero-order valence-corrected chi connectivity index (χ0v) is 14.0. The quantitative estimate of drug-likeness (QED) is 0.647. The summed E-state index contributed by atoms with van der Waals surface area (Å²) in [6, 6.07) is 6.16. The van der Waals surface area contributed by atoms with E-state index in [4.69, 9.17) is 0 Å². The van der Waals surface area contributed by atoms with E-state index in [0.717, 1.165) is 24.9 Å². The number of amides is 1. The number of likely N-dealkylation sites (tertiary alicyclic amines) is 1. The summed E-state index contributed by atoms with van der Waals surface area (Å²) in [4.78, 5) is 28.5. The number of nitrogens with zero attached hydrogens (tertiary/aromatic N) is 5. The molecule has 0 aliphatic carbocycles. The lowest BCUT2D eigenvalue weighted by molar-refractivity contribution is -0.384. The summed E-state index contributed by atoms with van der Waals surface area (Å²) in [5.41, 5.74) is 0.767. The van der Waals surface area contributed by atoms with Crippen LogP contribution < -0.4 is 5.32 Å². The fraction of sp³-hybridized carbons (Fsp3) is 0.438. The minimum absolute atomic E-state index is 0.0106. The Morgan fingerprint density at radius 3 is 2.84 bits per heavy atom. The van der Waals surface area contributed by atoms with Crippen LogP contribution in [0.4, 0.5) is 5.69 Å². The molecule has 1 aliphatic heterocycles. The third-order valence-electron chi connectivity index (χ3n) is 4.34. The van der Waals surface area contributed by atoms with Gasteiger partial charge in [-0.25, -0.2) is 9.67 Å². The lowest BCUT2D eigenvalue weighted by atomic mass is 9.97. The summed E-state index contributed by atoms with van der Waals surface area (Å²) in [7, 11) is 1.66. The van der Waals surface area contributed by atoms with Gasteiger partial charge in [0.05, 0.1) is 17.5 Å². The number of carbonyl (C=O) groups excluding carboxylic acids is 1. The van der Waals surface area contributed by atoms with Crippen LogP contribution in [-0.2, 0) is 11.5 Å². The molecule has 1 saturated heterocycles. The number of piperidine rings is 1. The standard InChI is InChI=1S/C16H20N6O3/c1-17-16(23)13-3-2-8-20(9-13)11-21-10-18-15(19-21)12-4-6-14(7-5-12)22(24)25/h4-7,10,13H,2-3,8-9,11H2,1H3,(H,17,23)/t13-/m1/s1. The predicted molar refractivity (Wildman–Crippen MR) is 90.5 cm³/mol. The molecule has 0 radical (unpaired) electrons. The maximum atomic E-state index is 11.8. The lowest BCUT2D eigenvalue weighted by Gasteiger charge is -2.31. The second kappa shape index (κ2) is 7.39. The van der Waals surface area contributed by atoms with E-state index in [9.17, 15) is 14.9 Å². The molecule has 1 amide bonds. The molecular weight excluding hydrogens is 324 g/mol. The number of carbonyl (C=O) groups is 1. The van der Waals surface area contributed by atoms with Crippen molar-refractivity contribution in [2.45, 2.75) is 19.5 Å². The average Bonchev–Trinajstić information content (AvgIpc) is 3.09. The van der Waals surface area contributed by atoms with Crippen LogP contribution >= 0.6 is 0 Å². The highest BCUT2D eigenvalue weighted by molar-refractivity contribution is 5.78. The van der Waals surface area contributed by atoms with Crippen molar-refractivity contribution in [2.24, 2.45) is 5.92 Å². The summed E-state index contributed by atoms with van der Waals surface area (Å²) >= 11 is 0. The second-order valence-corrected chi connectivity index (χ2v) is 6.08. The van der Waals surface area contributed by atoms with Crippen molar-refractivity contribution in [3.8, 4) is 11.4 Å². The Morgan fingerprint density at radius 1 is 1.40 bits per heavy atom. The number of hydrogen-bond donors (Lipinski definition) is 1. The molecule has 1 aliphatic rings. The van der Waals surface area contributed by atoms with Gasteiger partial charge in [-0.2, -0.15) is 0 Å². The number of hydrogen-bond acceptors (Lipinski definition) is 6. The molecule has 1 atom stereocenters. The van der Waals surface area contributed by atoms with E-state index in [0.29, 0.717) is 19.0 Å². The van der Waals surface area contributed by atoms with Crippen molar-refractivity contribution in [3.05, 3.63) is 40.7 Å². The molecule has 1 N–H and O–H groups in total. The Kier molecular flexibility index (Phi) is 5.03. The summed E-state index contributed by atoms with van der Waals surface area (Å²) in [6.45, 7) is 2.18. The highest BCUT2D eigenvalue weighted by Gasteiger charge is 2.25. The Bertz CT molecular complexity index is 757. The monoisotopic (exact) mass is 344 g/mol. The Labute approximate surface area is 144 Å². The number of aromatic nitrogens is 3. The minimum atomic E-state index is -0.435. The number of non-ortho nitro benzene ring substituents is 1. The molecular formula is C16H20N6O3. The van der Waals surface area contributed by atoms with Gasteiger partial charge in [0.1, 0.15) is 6.33 Å². The molecule has 1 aromatic carbocycles. The summed E-state index contributed by atoms with van der Waals surface area (Å²) in [5, 5.41) is 17.8. The van der Waals surface area contributed by atoms with Crippen molar-refractivity contribution in [1.29, 1.82) is 0 Å². The van der Waals surface area contributed by atoms with Gasteiger partial charge in [-0.15, -0.1) is 5.10 Å². The Hall–Kier alpha value is -2.81. The normalized spacial score (nSPS) is 18.0. The third kappa shape index (κ3) is 4.00. The molecule has 9 nitrogen and oxygen atoms in total. The predicted octanol–water partition coefficient (Wildman–Crippen LogP) is 1.27. The second-order valence-electron chi connectivity index (χ2n) is 6.08. The molecule has 1 fully saturated rings. The molecule has 2 heterocycles. The number of nitro groups is 1.